The maximum absolute atomic E-state index is 12.7. The summed E-state index contributed by atoms with van der Waals surface area (Å²) in [5.41, 5.74) is 3.07. The van der Waals surface area contributed by atoms with Crippen LogP contribution in [-0.2, 0) is 11.2 Å². The van der Waals surface area contributed by atoms with Gasteiger partial charge in [-0.1, -0.05) is 48.5 Å². The Kier molecular flexibility index (Phi) is 6.92. The first-order valence-corrected chi connectivity index (χ1v) is 17.3. The van der Waals surface area contributed by atoms with E-state index in [2.05, 4.69) is 74.7 Å². The monoisotopic (exact) mass is 464 g/mol. The zero-order chi connectivity index (χ0) is 24.2. The number of fused-ring (bicyclic) bond motifs is 1. The molecule has 0 aromatic heterocycles. The molecule has 0 spiro atoms. The van der Waals surface area contributed by atoms with Crippen LogP contribution in [0.3, 0.4) is 0 Å². The van der Waals surface area contributed by atoms with Crippen molar-refractivity contribution in [2.45, 2.75) is 110 Å². The molecule has 0 aliphatic heterocycles. The third-order valence-corrected chi connectivity index (χ3v) is 16.3. The van der Waals surface area contributed by atoms with Crippen LogP contribution in [0.15, 0.2) is 0 Å². The molecule has 31 heavy (non-hydrogen) atoms. The molecule has 0 N–H and O–H groups in total. The molecular weight excluding hydrogens is 420 g/mol. The van der Waals surface area contributed by atoms with Crippen LogP contribution in [-0.4, -0.2) is 29.5 Å². The topological polar surface area (TPSA) is 44.8 Å². The molecule has 1 unspecified atom stereocenters. The van der Waals surface area contributed by atoms with Crippen LogP contribution in [0.5, 0.6) is 17.2 Å². The summed E-state index contributed by atoms with van der Waals surface area (Å²) >= 11 is 0. The van der Waals surface area contributed by atoms with E-state index in [-0.39, 0.29) is 21.8 Å². The smallest absolute Gasteiger partial charge is 0.250 e. The third kappa shape index (κ3) is 4.90. The van der Waals surface area contributed by atoms with E-state index >= 15 is 0 Å². The van der Waals surface area contributed by atoms with Crippen LogP contribution in [0.25, 0.3) is 0 Å². The minimum Gasteiger partial charge on any atom is -0.543 e. The number of hydrogen-bond donors (Lipinski definition) is 0. The van der Waals surface area contributed by atoms with Gasteiger partial charge in [0.1, 0.15) is 11.5 Å². The van der Waals surface area contributed by atoms with Crippen LogP contribution in [0.4, 0.5) is 0 Å². The Morgan fingerprint density at radius 3 is 1.71 bits per heavy atom. The van der Waals surface area contributed by atoms with Gasteiger partial charge in [0.05, 0.1) is 7.11 Å². The zero-order valence-electron chi connectivity index (χ0n) is 22.1. The average Bonchev–Trinajstić information content (AvgIpc) is 2.55. The fourth-order valence-corrected chi connectivity index (χ4v) is 5.70. The van der Waals surface area contributed by atoms with Gasteiger partial charge in [-0.15, -0.1) is 0 Å². The van der Waals surface area contributed by atoms with Gasteiger partial charge in [-0.2, -0.15) is 0 Å². The Morgan fingerprint density at radius 1 is 0.839 bits per heavy atom. The molecule has 2 rings (SSSR count). The first-order chi connectivity index (χ1) is 13.8. The lowest BCUT2D eigenvalue weighted by molar-refractivity contribution is -0.119. The lowest BCUT2D eigenvalue weighted by Crippen LogP contribution is -2.45. The van der Waals surface area contributed by atoms with Gasteiger partial charge in [0.2, 0.25) is 0 Å². The van der Waals surface area contributed by atoms with Crippen LogP contribution < -0.4 is 13.6 Å². The molecule has 4 nitrogen and oxygen atoms in total. The lowest BCUT2D eigenvalue weighted by atomic mass is 9.81. The summed E-state index contributed by atoms with van der Waals surface area (Å²) in [5, 5.41) is 0.114. The van der Waals surface area contributed by atoms with Crippen molar-refractivity contribution in [1.29, 1.82) is 0 Å². The van der Waals surface area contributed by atoms with Gasteiger partial charge in [0.25, 0.3) is 16.6 Å². The van der Waals surface area contributed by atoms with E-state index in [0.29, 0.717) is 12.8 Å². The van der Waals surface area contributed by atoms with Crippen molar-refractivity contribution in [3.8, 4) is 17.2 Å². The SMILES string of the molecule is COc1c(C)c(O[Si](C)(C)C(C)(C)C)c2c(c1O[Si](C)(C)C(C)(C)C)C(C)CC(=O)C2. The van der Waals surface area contributed by atoms with E-state index < -0.39 is 16.6 Å². The second-order valence-corrected chi connectivity index (χ2v) is 21.7. The van der Waals surface area contributed by atoms with E-state index in [0.717, 1.165) is 33.9 Å². The molecule has 0 saturated carbocycles. The number of carbonyl (C=O) groups is 1. The molecule has 6 heteroatoms. The van der Waals surface area contributed by atoms with Gasteiger partial charge in [0.15, 0.2) is 11.5 Å². The molecule has 0 bridgehead atoms. The Labute approximate surface area is 192 Å². The summed E-state index contributed by atoms with van der Waals surface area (Å²) in [6.07, 6.45) is 0.939. The van der Waals surface area contributed by atoms with Gasteiger partial charge in [-0.3, -0.25) is 4.79 Å². The number of methoxy groups -OCH3 is 1. The number of rotatable bonds is 5. The summed E-state index contributed by atoms with van der Waals surface area (Å²) in [4.78, 5) is 12.7. The maximum atomic E-state index is 12.7. The average molecular weight is 465 g/mol. The summed E-state index contributed by atoms with van der Waals surface area (Å²) in [7, 11) is -2.51. The third-order valence-electron chi connectivity index (χ3n) is 7.66. The fourth-order valence-electron chi connectivity index (χ4n) is 3.59. The molecule has 0 heterocycles. The van der Waals surface area contributed by atoms with E-state index in [1.54, 1.807) is 7.11 Å². The molecule has 0 radical (unpaired) electrons. The molecule has 1 aromatic carbocycles. The van der Waals surface area contributed by atoms with Gasteiger partial charge in [-0.05, 0) is 49.1 Å². The van der Waals surface area contributed by atoms with Crippen molar-refractivity contribution in [2.24, 2.45) is 0 Å². The minimum atomic E-state index is -2.11. The number of ketones is 1. The molecule has 0 fully saturated rings. The van der Waals surface area contributed by atoms with Gasteiger partial charge in [0, 0.05) is 29.5 Å². The predicted molar refractivity (Wildman–Crippen MR) is 135 cm³/mol. The first-order valence-electron chi connectivity index (χ1n) is 11.5. The summed E-state index contributed by atoms with van der Waals surface area (Å²) in [6.45, 7) is 26.6. The molecule has 176 valence electrons. The molecule has 1 atom stereocenters. The largest absolute Gasteiger partial charge is 0.543 e. The number of ether oxygens (including phenoxy) is 1. The summed E-state index contributed by atoms with van der Waals surface area (Å²) < 4.78 is 19.7. The molecule has 1 aromatic rings. The Morgan fingerprint density at radius 2 is 1.29 bits per heavy atom. The first kappa shape index (κ1) is 26.0. The lowest BCUT2D eigenvalue weighted by Gasteiger charge is -2.41. The molecule has 1 aliphatic rings. The molecule has 1 aliphatic carbocycles. The fraction of sp³-hybridized carbons (Fsp3) is 0.720. The second kappa shape index (κ2) is 8.25. The van der Waals surface area contributed by atoms with Gasteiger partial charge in [-0.25, -0.2) is 0 Å². The van der Waals surface area contributed by atoms with Crippen molar-refractivity contribution in [3.63, 3.8) is 0 Å². The normalized spacial score (nSPS) is 18.0. The van der Waals surface area contributed by atoms with Crippen LogP contribution >= 0.6 is 0 Å². The van der Waals surface area contributed by atoms with E-state index in [4.69, 9.17) is 13.6 Å². The van der Waals surface area contributed by atoms with E-state index in [1.807, 2.05) is 6.92 Å². The Balaban J connectivity index is 2.83. The minimum absolute atomic E-state index is 0.0557. The van der Waals surface area contributed by atoms with Crippen molar-refractivity contribution in [2.75, 3.05) is 7.11 Å². The van der Waals surface area contributed by atoms with Gasteiger partial charge < -0.3 is 13.6 Å². The summed E-state index contributed by atoms with van der Waals surface area (Å²) in [6, 6.07) is 0. The number of hydrogen-bond acceptors (Lipinski definition) is 4. The Hall–Kier alpha value is -1.28. The van der Waals surface area contributed by atoms with Gasteiger partial charge >= 0.3 is 0 Å². The summed E-state index contributed by atoms with van der Waals surface area (Å²) in [5.74, 6) is 2.79. The quantitative estimate of drug-likeness (QED) is 0.426. The second-order valence-electron chi connectivity index (χ2n) is 12.3. The van der Waals surface area contributed by atoms with E-state index in [9.17, 15) is 4.79 Å². The highest BCUT2D eigenvalue weighted by Crippen LogP contribution is 2.53. The number of Topliss-reactive ketones (excluding diaryl/α,β-unsaturated/α-hetero) is 1. The highest BCUT2D eigenvalue weighted by atomic mass is 28.4. The molecule has 0 amide bonds. The highest BCUT2D eigenvalue weighted by molar-refractivity contribution is 6.75. The highest BCUT2D eigenvalue weighted by Gasteiger charge is 2.44. The standard InChI is InChI=1S/C25H44O4Si2/c1-16-14-18(26)15-19-20(16)23(29-31(12,13)25(6,7)8)22(27-9)17(2)21(19)28-30(10,11)24(3,4)5/h16H,14-15H2,1-13H3. The number of carbonyl (C=O) groups excluding carboxylic acids is 1. The Bertz CT molecular complexity index is 858. The van der Waals surface area contributed by atoms with Crippen LogP contribution in [0.2, 0.25) is 36.3 Å². The van der Waals surface area contributed by atoms with E-state index in [1.165, 1.54) is 0 Å². The van der Waals surface area contributed by atoms with Crippen molar-refractivity contribution in [3.05, 3.63) is 16.7 Å². The zero-order valence-corrected chi connectivity index (χ0v) is 24.1. The van der Waals surface area contributed by atoms with Crippen LogP contribution in [0.1, 0.15) is 77.5 Å². The molecule has 0 saturated heterocycles. The maximum Gasteiger partial charge on any atom is 0.250 e. The number of benzene rings is 1. The van der Waals surface area contributed by atoms with Crippen LogP contribution in [0, 0.1) is 6.92 Å². The van der Waals surface area contributed by atoms with Crippen molar-refractivity contribution in [1.82, 2.24) is 0 Å². The van der Waals surface area contributed by atoms with Crippen molar-refractivity contribution >= 4 is 22.4 Å². The predicted octanol–water partition coefficient (Wildman–Crippen LogP) is 7.39. The molecular formula is C25H44O4Si2. The van der Waals surface area contributed by atoms with Crippen molar-refractivity contribution < 1.29 is 18.4 Å².